The molecule has 2 N–H and O–H groups in total. The molecule has 12 heteroatoms. The third-order valence-electron chi connectivity index (χ3n) is 6.14. The van der Waals surface area contributed by atoms with Gasteiger partial charge in [-0.3, -0.25) is 4.68 Å². The fourth-order valence-corrected chi connectivity index (χ4v) is 5.16. The normalized spacial score (nSPS) is 14.9. The molecule has 2 aromatic carbocycles. The van der Waals surface area contributed by atoms with Gasteiger partial charge in [0, 0.05) is 26.1 Å². The van der Waals surface area contributed by atoms with Crippen LogP contribution in [0.1, 0.15) is 35.9 Å². The summed E-state index contributed by atoms with van der Waals surface area (Å²) in [6.07, 6.45) is 6.24. The van der Waals surface area contributed by atoms with Gasteiger partial charge in [-0.15, -0.1) is 11.3 Å². The lowest BCUT2D eigenvalue weighted by Gasteiger charge is -2.31. The molecule has 0 amide bonds. The quantitative estimate of drug-likeness (QED) is 0.233. The predicted molar refractivity (Wildman–Crippen MR) is 145 cm³/mol. The highest BCUT2D eigenvalue weighted by Gasteiger charge is 2.26. The molecular formula is C27H31N5O6S. The zero-order chi connectivity index (χ0) is 27.6. The monoisotopic (exact) mass is 553 g/mol. The van der Waals surface area contributed by atoms with Crippen LogP contribution in [0.25, 0.3) is 10.2 Å². The Morgan fingerprint density at radius 3 is 2.56 bits per heavy atom. The fraction of sp³-hybridized carbons (Fsp3) is 0.370. The van der Waals surface area contributed by atoms with Crippen molar-refractivity contribution in [2.24, 2.45) is 0 Å². The van der Waals surface area contributed by atoms with Gasteiger partial charge in [-0.1, -0.05) is 24.3 Å². The number of para-hydroxylation sites is 1. The molecule has 1 fully saturated rings. The molecule has 3 heterocycles. The Labute approximate surface area is 229 Å². The number of ether oxygens (including phenoxy) is 2. The largest absolute Gasteiger partial charge is 0.494 e. The molecule has 1 aliphatic rings. The van der Waals surface area contributed by atoms with Gasteiger partial charge in [0.15, 0.2) is 0 Å². The third-order valence-corrected chi connectivity index (χ3v) is 7.22. The maximum atomic E-state index is 9.10. The van der Waals surface area contributed by atoms with E-state index in [9.17, 15) is 0 Å². The summed E-state index contributed by atoms with van der Waals surface area (Å²) in [6, 6.07) is 16.5. The van der Waals surface area contributed by atoms with Crippen LogP contribution in [-0.4, -0.2) is 79.6 Å². The molecule has 0 aliphatic carbocycles. The number of hydrogen-bond donors (Lipinski definition) is 2. The average Bonchev–Trinajstić information content (AvgIpc) is 3.61. The second-order valence-corrected chi connectivity index (χ2v) is 10.1. The first kappa shape index (κ1) is 28.1. The van der Waals surface area contributed by atoms with Crippen molar-refractivity contribution >= 4 is 33.5 Å². The number of aliphatic carboxylic acids is 2. The van der Waals surface area contributed by atoms with E-state index in [1.54, 1.807) is 24.0 Å². The van der Waals surface area contributed by atoms with E-state index < -0.39 is 11.9 Å². The second-order valence-electron chi connectivity index (χ2n) is 9.08. The maximum absolute atomic E-state index is 9.10. The van der Waals surface area contributed by atoms with E-state index in [1.165, 1.54) is 4.70 Å². The van der Waals surface area contributed by atoms with Crippen LogP contribution in [0.2, 0.25) is 0 Å². The fourth-order valence-electron chi connectivity index (χ4n) is 4.13. The van der Waals surface area contributed by atoms with Crippen molar-refractivity contribution in [3.05, 3.63) is 71.8 Å². The number of carboxylic acid groups (broad SMARTS) is 2. The summed E-state index contributed by atoms with van der Waals surface area (Å²) >= 11 is 1.71. The van der Waals surface area contributed by atoms with E-state index in [0.29, 0.717) is 6.61 Å². The summed E-state index contributed by atoms with van der Waals surface area (Å²) in [5, 5.41) is 19.9. The Bertz CT molecular complexity index is 1310. The molecule has 0 bridgehead atoms. The van der Waals surface area contributed by atoms with Gasteiger partial charge in [-0.2, -0.15) is 5.10 Å². The Balaban J connectivity index is 0.000000531. The molecule has 206 valence electrons. The van der Waals surface area contributed by atoms with Crippen LogP contribution in [0.15, 0.2) is 61.2 Å². The van der Waals surface area contributed by atoms with Crippen LogP contribution in [0, 0.1) is 0 Å². The summed E-state index contributed by atoms with van der Waals surface area (Å²) in [5.74, 6) is -2.80. The number of likely N-dealkylation sites (tertiary alicyclic amines) is 1. The number of nitrogens with zero attached hydrogens (tertiary/aromatic N) is 5. The van der Waals surface area contributed by atoms with Gasteiger partial charge in [0.25, 0.3) is 0 Å². The number of aryl methyl sites for hydroxylation is 1. The molecule has 1 unspecified atom stereocenters. The number of piperidine rings is 1. The Morgan fingerprint density at radius 2 is 1.87 bits per heavy atom. The number of carbonyl (C=O) groups is 2. The molecule has 0 radical (unpaired) electrons. The zero-order valence-electron chi connectivity index (χ0n) is 21.5. The average molecular weight is 554 g/mol. The molecular weight excluding hydrogens is 522 g/mol. The highest BCUT2D eigenvalue weighted by molar-refractivity contribution is 7.18. The van der Waals surface area contributed by atoms with Gasteiger partial charge < -0.3 is 24.6 Å². The van der Waals surface area contributed by atoms with Crippen molar-refractivity contribution in [2.75, 3.05) is 26.7 Å². The zero-order valence-corrected chi connectivity index (χ0v) is 22.4. The molecule has 0 saturated carbocycles. The summed E-state index contributed by atoms with van der Waals surface area (Å²) in [5.41, 5.74) is 2.11. The predicted octanol–water partition coefficient (Wildman–Crippen LogP) is 3.71. The lowest BCUT2D eigenvalue weighted by molar-refractivity contribution is -0.159. The maximum Gasteiger partial charge on any atom is 0.414 e. The highest BCUT2D eigenvalue weighted by atomic mass is 32.1. The number of fused-ring (bicyclic) bond motifs is 1. The second kappa shape index (κ2) is 13.8. The van der Waals surface area contributed by atoms with Crippen LogP contribution >= 0.6 is 11.3 Å². The van der Waals surface area contributed by atoms with E-state index in [2.05, 4.69) is 52.4 Å². The van der Waals surface area contributed by atoms with Crippen LogP contribution in [0.3, 0.4) is 0 Å². The standard InChI is InChI=1S/C25H29N5O2S.C2H2O4/c1-29-13-10-20(11-14-29)32-24(25-28-22-8-2-3-9-23(22)33-25)19-6-4-7-21(16-19)31-15-5-12-30-18-26-17-27-30;3-1(4)2(5)6/h2-4,6-9,16-18,20,24H,5,10-15H2,1H3;(H,3,4)(H,5,6). The first-order valence-electron chi connectivity index (χ1n) is 12.6. The lowest BCUT2D eigenvalue weighted by atomic mass is 10.1. The first-order valence-corrected chi connectivity index (χ1v) is 13.4. The van der Waals surface area contributed by atoms with Crippen molar-refractivity contribution in [3.63, 3.8) is 0 Å². The number of hydrogen-bond acceptors (Lipinski definition) is 9. The molecule has 0 spiro atoms. The van der Waals surface area contributed by atoms with Crippen molar-refractivity contribution in [3.8, 4) is 5.75 Å². The molecule has 5 rings (SSSR count). The van der Waals surface area contributed by atoms with Gasteiger partial charge >= 0.3 is 11.9 Å². The van der Waals surface area contributed by atoms with E-state index in [1.807, 2.05) is 22.9 Å². The van der Waals surface area contributed by atoms with Crippen molar-refractivity contribution in [2.45, 2.75) is 38.0 Å². The molecule has 39 heavy (non-hydrogen) atoms. The number of rotatable bonds is 9. The molecule has 4 aromatic rings. The van der Waals surface area contributed by atoms with Crippen molar-refractivity contribution in [1.29, 1.82) is 0 Å². The molecule has 1 saturated heterocycles. The summed E-state index contributed by atoms with van der Waals surface area (Å²) in [4.78, 5) is 29.5. The van der Waals surface area contributed by atoms with Gasteiger partial charge in [-0.05, 0) is 49.7 Å². The third kappa shape index (κ3) is 8.31. The molecule has 11 nitrogen and oxygen atoms in total. The van der Waals surface area contributed by atoms with Crippen LogP contribution < -0.4 is 4.74 Å². The smallest absolute Gasteiger partial charge is 0.414 e. The minimum absolute atomic E-state index is 0.200. The Morgan fingerprint density at radius 1 is 1.10 bits per heavy atom. The van der Waals surface area contributed by atoms with E-state index in [0.717, 1.165) is 60.7 Å². The summed E-state index contributed by atoms with van der Waals surface area (Å²) in [6.45, 7) is 3.52. The number of aromatic nitrogens is 4. The van der Waals surface area contributed by atoms with Gasteiger partial charge in [0.1, 0.15) is 29.5 Å². The number of thiazole rings is 1. The minimum atomic E-state index is -1.82. The van der Waals surface area contributed by atoms with E-state index >= 15 is 0 Å². The Kier molecular flexibility index (Phi) is 9.95. The van der Waals surface area contributed by atoms with Crippen LogP contribution in [0.4, 0.5) is 0 Å². The van der Waals surface area contributed by atoms with Crippen molar-refractivity contribution < 1.29 is 29.3 Å². The molecule has 1 aliphatic heterocycles. The van der Waals surface area contributed by atoms with E-state index in [4.69, 9.17) is 34.3 Å². The van der Waals surface area contributed by atoms with Gasteiger partial charge in [0.05, 0.1) is 22.9 Å². The highest BCUT2D eigenvalue weighted by Crippen LogP contribution is 2.36. The topological polar surface area (TPSA) is 140 Å². The summed E-state index contributed by atoms with van der Waals surface area (Å²) in [7, 11) is 2.17. The first-order chi connectivity index (χ1) is 18.9. The van der Waals surface area contributed by atoms with Crippen LogP contribution in [-0.2, 0) is 20.9 Å². The van der Waals surface area contributed by atoms with Crippen LogP contribution in [0.5, 0.6) is 5.75 Å². The molecule has 2 aromatic heterocycles. The SMILES string of the molecule is CN1CCC(OC(c2cccc(OCCCn3cncn3)c2)c2nc3ccccc3s2)CC1.O=C(O)C(=O)O. The Hall–Kier alpha value is -3.87. The number of carboxylic acids is 2. The van der Waals surface area contributed by atoms with Gasteiger partial charge in [-0.25, -0.2) is 19.6 Å². The molecule has 1 atom stereocenters. The number of benzene rings is 2. The lowest BCUT2D eigenvalue weighted by Crippen LogP contribution is -2.35. The van der Waals surface area contributed by atoms with Gasteiger partial charge in [0.2, 0.25) is 0 Å². The summed E-state index contributed by atoms with van der Waals surface area (Å²) < 4.78 is 15.8. The van der Waals surface area contributed by atoms with E-state index in [-0.39, 0.29) is 12.2 Å². The van der Waals surface area contributed by atoms with Crippen molar-refractivity contribution in [1.82, 2.24) is 24.6 Å². The minimum Gasteiger partial charge on any atom is -0.494 e.